The Hall–Kier alpha value is -1.39. The number of nitrogens with one attached hydrogen (secondary N) is 1. The zero-order chi connectivity index (χ0) is 14.5. The van der Waals surface area contributed by atoms with Gasteiger partial charge in [-0.1, -0.05) is 12.1 Å². The van der Waals surface area contributed by atoms with Crippen molar-refractivity contribution in [3.05, 3.63) is 30.6 Å². The van der Waals surface area contributed by atoms with E-state index in [0.717, 1.165) is 25.0 Å². The number of imidazole rings is 1. The number of nitrogens with zero attached hydrogens (tertiary/aromatic N) is 2. The first-order valence-electron chi connectivity index (χ1n) is 8.03. The first kappa shape index (κ1) is 14.5. The molecule has 0 atom stereocenters. The molecule has 3 rings (SSSR count). The minimum absolute atomic E-state index is 0.486. The number of benzene rings is 1. The minimum atomic E-state index is 0.486. The lowest BCUT2D eigenvalue weighted by Crippen LogP contribution is -2.35. The average Bonchev–Trinajstić information content (AvgIpc) is 2.95. The van der Waals surface area contributed by atoms with Crippen LogP contribution in [-0.2, 0) is 11.3 Å². The van der Waals surface area contributed by atoms with Gasteiger partial charge in [-0.05, 0) is 50.8 Å². The van der Waals surface area contributed by atoms with Gasteiger partial charge in [-0.15, -0.1) is 0 Å². The van der Waals surface area contributed by atoms with E-state index in [1.54, 1.807) is 0 Å². The highest BCUT2D eigenvalue weighted by Gasteiger charge is 2.19. The quantitative estimate of drug-likeness (QED) is 0.830. The smallest absolute Gasteiger partial charge is 0.0958 e. The van der Waals surface area contributed by atoms with Gasteiger partial charge in [0.1, 0.15) is 0 Å². The number of rotatable bonds is 6. The van der Waals surface area contributed by atoms with Crippen LogP contribution < -0.4 is 5.32 Å². The maximum atomic E-state index is 5.42. The molecule has 1 heterocycles. The van der Waals surface area contributed by atoms with Crippen molar-refractivity contribution in [1.82, 2.24) is 14.9 Å². The van der Waals surface area contributed by atoms with Gasteiger partial charge in [0, 0.05) is 19.7 Å². The van der Waals surface area contributed by atoms with Crippen LogP contribution in [0.25, 0.3) is 11.0 Å². The zero-order valence-electron chi connectivity index (χ0n) is 12.8. The van der Waals surface area contributed by atoms with Gasteiger partial charge in [0.15, 0.2) is 0 Å². The predicted octanol–water partition coefficient (Wildman–Crippen LogP) is 2.97. The fourth-order valence-electron chi connectivity index (χ4n) is 3.25. The molecule has 1 aromatic heterocycles. The summed E-state index contributed by atoms with van der Waals surface area (Å²) in [6.07, 6.45) is 8.46. The van der Waals surface area contributed by atoms with E-state index >= 15 is 0 Å². The summed E-state index contributed by atoms with van der Waals surface area (Å²) >= 11 is 0. The van der Waals surface area contributed by atoms with Crippen molar-refractivity contribution in [3.8, 4) is 0 Å². The van der Waals surface area contributed by atoms with E-state index in [9.17, 15) is 0 Å². The van der Waals surface area contributed by atoms with Crippen molar-refractivity contribution in [2.24, 2.45) is 0 Å². The van der Waals surface area contributed by atoms with Gasteiger partial charge in [0.2, 0.25) is 0 Å². The van der Waals surface area contributed by atoms with E-state index in [4.69, 9.17) is 4.74 Å². The number of aryl methyl sites for hydroxylation is 1. The fourth-order valence-corrected chi connectivity index (χ4v) is 3.25. The molecule has 0 unspecified atom stereocenters. The molecule has 4 heteroatoms. The molecule has 0 spiro atoms. The molecule has 0 amide bonds. The third kappa shape index (κ3) is 3.63. The number of aromatic nitrogens is 2. The van der Waals surface area contributed by atoms with E-state index in [2.05, 4.69) is 33.1 Å². The van der Waals surface area contributed by atoms with Crippen molar-refractivity contribution in [1.29, 1.82) is 0 Å². The first-order chi connectivity index (χ1) is 10.4. The standard InChI is InChI=1S/C17H25N3O/c1-21-15-9-7-14(8-10-15)18-11-4-12-20-13-19-16-5-2-3-6-17(16)20/h2-3,5-6,13-15,18H,4,7-12H2,1H3. The molecule has 0 saturated heterocycles. The molecule has 1 aliphatic rings. The van der Waals surface area contributed by atoms with Gasteiger partial charge in [-0.2, -0.15) is 0 Å². The number of ether oxygens (including phenoxy) is 1. The number of fused-ring (bicyclic) bond motifs is 1. The second-order valence-corrected chi connectivity index (χ2v) is 5.94. The molecule has 114 valence electrons. The highest BCUT2D eigenvalue weighted by atomic mass is 16.5. The summed E-state index contributed by atoms with van der Waals surface area (Å²) in [4.78, 5) is 4.43. The monoisotopic (exact) mass is 287 g/mol. The van der Waals surface area contributed by atoms with Crippen LogP contribution in [0.15, 0.2) is 30.6 Å². The molecular formula is C17H25N3O. The third-order valence-electron chi connectivity index (χ3n) is 4.54. The Morgan fingerprint density at radius 2 is 2.05 bits per heavy atom. The molecule has 1 aromatic carbocycles. The second kappa shape index (κ2) is 7.05. The van der Waals surface area contributed by atoms with E-state index in [1.807, 2.05) is 19.5 Å². The van der Waals surface area contributed by atoms with Crippen LogP contribution in [0.2, 0.25) is 0 Å². The molecule has 1 fully saturated rings. The summed E-state index contributed by atoms with van der Waals surface area (Å²) < 4.78 is 7.67. The van der Waals surface area contributed by atoms with Gasteiger partial charge < -0.3 is 14.6 Å². The van der Waals surface area contributed by atoms with Crippen molar-refractivity contribution < 1.29 is 4.74 Å². The Kier molecular flexibility index (Phi) is 4.88. The van der Waals surface area contributed by atoms with Crippen LogP contribution in [0.1, 0.15) is 32.1 Å². The Balaban J connectivity index is 1.41. The maximum absolute atomic E-state index is 5.42. The fraction of sp³-hybridized carbons (Fsp3) is 0.588. The van der Waals surface area contributed by atoms with Gasteiger partial charge in [0.25, 0.3) is 0 Å². The van der Waals surface area contributed by atoms with E-state index in [0.29, 0.717) is 12.1 Å². The van der Waals surface area contributed by atoms with Crippen LogP contribution in [0.3, 0.4) is 0 Å². The average molecular weight is 287 g/mol. The van der Waals surface area contributed by atoms with Gasteiger partial charge in [-0.3, -0.25) is 0 Å². The van der Waals surface area contributed by atoms with E-state index in [-0.39, 0.29) is 0 Å². The number of hydrogen-bond acceptors (Lipinski definition) is 3. The summed E-state index contributed by atoms with van der Waals surface area (Å²) in [5.41, 5.74) is 2.32. The highest BCUT2D eigenvalue weighted by Crippen LogP contribution is 2.20. The Labute approximate surface area is 126 Å². The molecule has 1 N–H and O–H groups in total. The van der Waals surface area contributed by atoms with Crippen molar-refractivity contribution in [2.45, 2.75) is 50.8 Å². The summed E-state index contributed by atoms with van der Waals surface area (Å²) in [6, 6.07) is 9.00. The van der Waals surface area contributed by atoms with Gasteiger partial charge >= 0.3 is 0 Å². The van der Waals surface area contributed by atoms with E-state index < -0.39 is 0 Å². The maximum Gasteiger partial charge on any atom is 0.0958 e. The van der Waals surface area contributed by atoms with Gasteiger partial charge in [-0.25, -0.2) is 4.98 Å². The lowest BCUT2D eigenvalue weighted by molar-refractivity contribution is 0.0625. The third-order valence-corrected chi connectivity index (χ3v) is 4.54. The summed E-state index contributed by atoms with van der Waals surface area (Å²) in [6.45, 7) is 2.11. The van der Waals surface area contributed by atoms with Crippen molar-refractivity contribution >= 4 is 11.0 Å². The van der Waals surface area contributed by atoms with Gasteiger partial charge in [0.05, 0.1) is 23.5 Å². The largest absolute Gasteiger partial charge is 0.381 e. The number of methoxy groups -OCH3 is 1. The second-order valence-electron chi connectivity index (χ2n) is 5.94. The molecule has 21 heavy (non-hydrogen) atoms. The number of para-hydroxylation sites is 2. The molecule has 0 aliphatic heterocycles. The molecular weight excluding hydrogens is 262 g/mol. The lowest BCUT2D eigenvalue weighted by atomic mass is 9.93. The minimum Gasteiger partial charge on any atom is -0.381 e. The van der Waals surface area contributed by atoms with Crippen molar-refractivity contribution in [2.75, 3.05) is 13.7 Å². The van der Waals surface area contributed by atoms with Crippen LogP contribution >= 0.6 is 0 Å². The summed E-state index contributed by atoms with van der Waals surface area (Å²) in [7, 11) is 1.83. The topological polar surface area (TPSA) is 39.1 Å². The Morgan fingerprint density at radius 1 is 1.24 bits per heavy atom. The Bertz CT molecular complexity index is 558. The first-order valence-corrected chi connectivity index (χ1v) is 8.03. The van der Waals surface area contributed by atoms with Crippen LogP contribution in [-0.4, -0.2) is 35.4 Å². The van der Waals surface area contributed by atoms with Crippen LogP contribution in [0.4, 0.5) is 0 Å². The molecule has 0 radical (unpaired) electrons. The highest BCUT2D eigenvalue weighted by molar-refractivity contribution is 5.74. The predicted molar refractivity (Wildman–Crippen MR) is 85.4 cm³/mol. The van der Waals surface area contributed by atoms with Crippen LogP contribution in [0, 0.1) is 0 Å². The summed E-state index contributed by atoms with van der Waals surface area (Å²) in [5.74, 6) is 0. The lowest BCUT2D eigenvalue weighted by Gasteiger charge is -2.28. The zero-order valence-corrected chi connectivity index (χ0v) is 12.8. The molecule has 1 aliphatic carbocycles. The molecule has 0 bridgehead atoms. The van der Waals surface area contributed by atoms with E-state index in [1.165, 1.54) is 31.2 Å². The summed E-state index contributed by atoms with van der Waals surface area (Å²) in [5, 5.41) is 3.69. The Morgan fingerprint density at radius 3 is 2.86 bits per heavy atom. The molecule has 2 aromatic rings. The SMILES string of the molecule is COC1CCC(NCCCn2cnc3ccccc32)CC1. The van der Waals surface area contributed by atoms with Crippen LogP contribution in [0.5, 0.6) is 0 Å². The normalized spacial score (nSPS) is 22.7. The number of hydrogen-bond donors (Lipinski definition) is 1. The van der Waals surface area contributed by atoms with Crippen molar-refractivity contribution in [3.63, 3.8) is 0 Å². The molecule has 4 nitrogen and oxygen atoms in total. The molecule has 1 saturated carbocycles.